The zero-order chi connectivity index (χ0) is 15.5. The molecule has 1 heterocycles. The summed E-state index contributed by atoms with van der Waals surface area (Å²) < 4.78 is 0. The first-order valence-corrected chi connectivity index (χ1v) is 9.34. The van der Waals surface area contributed by atoms with Crippen LogP contribution in [0, 0.1) is 0 Å². The van der Waals surface area contributed by atoms with E-state index in [1.807, 2.05) is 12.4 Å². The number of nitrogens with zero attached hydrogens (tertiary/aromatic N) is 2. The van der Waals surface area contributed by atoms with Gasteiger partial charge in [0, 0.05) is 25.0 Å². The van der Waals surface area contributed by atoms with Gasteiger partial charge in [0.2, 0.25) is 0 Å². The largest absolute Gasteiger partial charge is 0.308 e. The fraction of sp³-hybridized carbons (Fsp3) is 0.737. The number of rotatable bonds is 10. The Bertz CT molecular complexity index is 374. The quantitative estimate of drug-likeness (QED) is 0.482. The van der Waals surface area contributed by atoms with E-state index in [1.165, 1.54) is 76.3 Å². The third-order valence-corrected chi connectivity index (χ3v) is 4.65. The maximum Gasteiger partial charge on any atom is 0.0550 e. The van der Waals surface area contributed by atoms with Crippen molar-refractivity contribution in [3.8, 4) is 0 Å². The molecule has 0 aromatic carbocycles. The van der Waals surface area contributed by atoms with Crippen molar-refractivity contribution in [3.05, 3.63) is 24.5 Å². The molecule has 0 radical (unpaired) electrons. The van der Waals surface area contributed by atoms with Crippen LogP contribution < -0.4 is 10.4 Å². The van der Waals surface area contributed by atoms with E-state index in [0.29, 0.717) is 6.04 Å². The second kappa shape index (κ2) is 10.6. The van der Waals surface area contributed by atoms with Crippen LogP contribution in [0.1, 0.15) is 77.6 Å². The average molecular weight is 303 g/mol. The Morgan fingerprint density at radius 3 is 2.41 bits per heavy atom. The van der Waals surface area contributed by atoms with Gasteiger partial charge in [0.05, 0.1) is 5.69 Å². The molecule has 0 saturated heterocycles. The van der Waals surface area contributed by atoms with Crippen molar-refractivity contribution in [2.45, 2.75) is 83.6 Å². The molecular weight excluding hydrogens is 270 g/mol. The van der Waals surface area contributed by atoms with Crippen LogP contribution in [0.25, 0.3) is 0 Å². The summed E-state index contributed by atoms with van der Waals surface area (Å²) in [6.45, 7) is 3.38. The van der Waals surface area contributed by atoms with Gasteiger partial charge in [0.25, 0.3) is 0 Å². The predicted molar refractivity (Wildman–Crippen MR) is 95.0 cm³/mol. The number of hydrazine groups is 1. The molecule has 1 saturated carbocycles. The van der Waals surface area contributed by atoms with Crippen LogP contribution in [0.3, 0.4) is 0 Å². The van der Waals surface area contributed by atoms with E-state index < -0.39 is 0 Å². The van der Waals surface area contributed by atoms with Gasteiger partial charge in [-0.1, -0.05) is 58.3 Å². The normalized spacial score (nSPS) is 15.9. The fourth-order valence-corrected chi connectivity index (χ4v) is 3.29. The number of anilines is 1. The molecule has 0 amide bonds. The number of nitrogens with one attached hydrogen (secondary N) is 1. The second-order valence-corrected chi connectivity index (χ2v) is 6.59. The molecule has 1 N–H and O–H groups in total. The summed E-state index contributed by atoms with van der Waals surface area (Å²) in [7, 11) is 0. The number of pyridine rings is 1. The third-order valence-electron chi connectivity index (χ3n) is 4.65. The van der Waals surface area contributed by atoms with Crippen LogP contribution in [0.4, 0.5) is 5.69 Å². The van der Waals surface area contributed by atoms with Crippen molar-refractivity contribution in [1.82, 2.24) is 10.4 Å². The van der Waals surface area contributed by atoms with E-state index in [2.05, 4.69) is 34.5 Å². The molecule has 0 aliphatic heterocycles. The minimum Gasteiger partial charge on any atom is -0.308 e. The third kappa shape index (κ3) is 6.35. The van der Waals surface area contributed by atoms with E-state index >= 15 is 0 Å². The van der Waals surface area contributed by atoms with Crippen molar-refractivity contribution in [2.24, 2.45) is 0 Å². The van der Waals surface area contributed by atoms with Crippen LogP contribution in [0.5, 0.6) is 0 Å². The highest BCUT2D eigenvalue weighted by molar-refractivity contribution is 5.43. The Morgan fingerprint density at radius 2 is 1.68 bits per heavy atom. The van der Waals surface area contributed by atoms with Gasteiger partial charge in [-0.3, -0.25) is 4.98 Å². The smallest absolute Gasteiger partial charge is 0.0550 e. The Balaban J connectivity index is 1.79. The van der Waals surface area contributed by atoms with Gasteiger partial charge < -0.3 is 5.01 Å². The zero-order valence-corrected chi connectivity index (χ0v) is 14.3. The highest BCUT2D eigenvalue weighted by Gasteiger charge is 2.16. The molecule has 1 aliphatic rings. The van der Waals surface area contributed by atoms with Gasteiger partial charge in [0.1, 0.15) is 0 Å². The van der Waals surface area contributed by atoms with Gasteiger partial charge in [0.15, 0.2) is 0 Å². The maximum absolute atomic E-state index is 4.15. The molecule has 1 fully saturated rings. The van der Waals surface area contributed by atoms with Crippen LogP contribution in [-0.2, 0) is 0 Å². The highest BCUT2D eigenvalue weighted by atomic mass is 15.5. The summed E-state index contributed by atoms with van der Waals surface area (Å²) in [6, 6.07) is 4.89. The van der Waals surface area contributed by atoms with Gasteiger partial charge in [-0.15, -0.1) is 0 Å². The molecule has 3 heteroatoms. The van der Waals surface area contributed by atoms with Crippen molar-refractivity contribution in [1.29, 1.82) is 0 Å². The second-order valence-electron chi connectivity index (χ2n) is 6.59. The Kier molecular flexibility index (Phi) is 8.32. The van der Waals surface area contributed by atoms with Crippen LogP contribution in [0.15, 0.2) is 24.5 Å². The first kappa shape index (κ1) is 17.3. The van der Waals surface area contributed by atoms with Gasteiger partial charge in [-0.05, 0) is 31.4 Å². The molecular formula is C19H33N3. The van der Waals surface area contributed by atoms with Crippen LogP contribution in [-0.4, -0.2) is 17.6 Å². The lowest BCUT2D eigenvalue weighted by Crippen LogP contribution is -2.46. The Morgan fingerprint density at radius 1 is 1.00 bits per heavy atom. The molecule has 0 bridgehead atoms. The van der Waals surface area contributed by atoms with Gasteiger partial charge >= 0.3 is 0 Å². The van der Waals surface area contributed by atoms with Crippen molar-refractivity contribution < 1.29 is 0 Å². The fourth-order valence-electron chi connectivity index (χ4n) is 3.29. The van der Waals surface area contributed by atoms with Crippen molar-refractivity contribution >= 4 is 5.69 Å². The number of aromatic nitrogens is 1. The molecule has 1 aliphatic carbocycles. The lowest BCUT2D eigenvalue weighted by atomic mass is 9.96. The summed E-state index contributed by atoms with van der Waals surface area (Å²) in [5.74, 6) is 0. The standard InChI is InChI=1S/C19H33N3/c1-2-3-4-5-6-10-17-22(19-13-15-20-16-14-19)21-18-11-8-7-9-12-18/h13-16,18,21H,2-12,17H2,1H3. The minimum absolute atomic E-state index is 0.655. The van der Waals surface area contributed by atoms with E-state index in [1.54, 1.807) is 0 Å². The number of unbranched alkanes of at least 4 members (excludes halogenated alkanes) is 5. The molecule has 3 nitrogen and oxygen atoms in total. The van der Waals surface area contributed by atoms with E-state index in [0.717, 1.165) is 6.54 Å². The average Bonchev–Trinajstić information content (AvgIpc) is 2.58. The summed E-state index contributed by atoms with van der Waals surface area (Å²) in [6.07, 6.45) is 18.7. The topological polar surface area (TPSA) is 28.2 Å². The van der Waals surface area contributed by atoms with Crippen molar-refractivity contribution in [3.63, 3.8) is 0 Å². The lowest BCUT2D eigenvalue weighted by Gasteiger charge is -2.32. The molecule has 0 unspecified atom stereocenters. The monoisotopic (exact) mass is 303 g/mol. The molecule has 124 valence electrons. The molecule has 1 aromatic rings. The number of hydrogen-bond acceptors (Lipinski definition) is 3. The predicted octanol–water partition coefficient (Wildman–Crippen LogP) is 5.09. The van der Waals surface area contributed by atoms with Crippen LogP contribution in [0.2, 0.25) is 0 Å². The SMILES string of the molecule is CCCCCCCCN(NC1CCCCC1)c1ccncc1. The zero-order valence-electron chi connectivity index (χ0n) is 14.3. The minimum atomic E-state index is 0.655. The lowest BCUT2D eigenvalue weighted by molar-refractivity contribution is 0.361. The molecule has 0 atom stereocenters. The first-order valence-electron chi connectivity index (χ1n) is 9.34. The highest BCUT2D eigenvalue weighted by Crippen LogP contribution is 2.20. The van der Waals surface area contributed by atoms with Gasteiger partial charge in [-0.25, -0.2) is 5.43 Å². The number of hydrogen-bond donors (Lipinski definition) is 1. The molecule has 2 rings (SSSR count). The Labute approximate surface area is 136 Å². The van der Waals surface area contributed by atoms with E-state index in [4.69, 9.17) is 0 Å². The summed E-state index contributed by atoms with van der Waals surface area (Å²) in [4.78, 5) is 4.15. The maximum atomic E-state index is 4.15. The molecule has 0 spiro atoms. The van der Waals surface area contributed by atoms with Crippen LogP contribution >= 0.6 is 0 Å². The van der Waals surface area contributed by atoms with E-state index in [9.17, 15) is 0 Å². The van der Waals surface area contributed by atoms with Crippen molar-refractivity contribution in [2.75, 3.05) is 11.6 Å². The van der Waals surface area contributed by atoms with E-state index in [-0.39, 0.29) is 0 Å². The summed E-state index contributed by atoms with van der Waals surface area (Å²) in [5.41, 5.74) is 5.04. The first-order chi connectivity index (χ1) is 10.9. The molecule has 1 aromatic heterocycles. The summed E-state index contributed by atoms with van der Waals surface area (Å²) >= 11 is 0. The summed E-state index contributed by atoms with van der Waals surface area (Å²) in [5, 5.41) is 2.37. The molecule has 22 heavy (non-hydrogen) atoms. The van der Waals surface area contributed by atoms with Gasteiger partial charge in [-0.2, -0.15) is 0 Å². The Hall–Kier alpha value is -1.09.